The minimum atomic E-state index is -1.20. The van der Waals surface area contributed by atoms with Crippen molar-refractivity contribution in [2.24, 2.45) is 0 Å². The van der Waals surface area contributed by atoms with E-state index in [1.165, 1.54) is 16.9 Å². The summed E-state index contributed by atoms with van der Waals surface area (Å²) in [6, 6.07) is 17.1. The van der Waals surface area contributed by atoms with Crippen LogP contribution in [0.1, 0.15) is 59.7 Å². The Morgan fingerprint density at radius 1 is 1.02 bits per heavy atom. The third kappa shape index (κ3) is 5.85. The molecule has 1 fully saturated rings. The number of hydrogen-bond acceptors (Lipinski definition) is 7. The van der Waals surface area contributed by atoms with E-state index in [2.05, 4.69) is 12.1 Å². The molecule has 0 unspecified atom stereocenters. The maximum Gasteiger partial charge on any atom is 0.410 e. The molecule has 1 aliphatic carbocycles. The summed E-state index contributed by atoms with van der Waals surface area (Å²) >= 11 is 0. The minimum Gasteiger partial charge on any atom is -0.475 e. The number of carboxylic acids is 1. The van der Waals surface area contributed by atoms with Crippen molar-refractivity contribution in [3.63, 3.8) is 0 Å². The molecule has 0 spiro atoms. The Morgan fingerprint density at radius 2 is 1.64 bits per heavy atom. The van der Waals surface area contributed by atoms with Crippen molar-refractivity contribution in [3.05, 3.63) is 82.8 Å². The SMILES string of the molecule is CO[C@@H]1CN(C(=O)OC(C)(C)C)C[C@H]1N(Cc1cc(C)c(C(=O)O)o1)C(=O)OCC1c2ccccc2-c2ccccc21. The van der Waals surface area contributed by atoms with E-state index in [0.29, 0.717) is 5.56 Å². The van der Waals surface area contributed by atoms with E-state index in [1.54, 1.807) is 33.8 Å². The maximum atomic E-state index is 13.9. The molecule has 5 rings (SSSR count). The summed E-state index contributed by atoms with van der Waals surface area (Å²) < 4.78 is 22.9. The van der Waals surface area contributed by atoms with Crippen LogP contribution >= 0.6 is 0 Å². The van der Waals surface area contributed by atoms with Gasteiger partial charge in [0.05, 0.1) is 25.2 Å². The average molecular weight is 577 g/mol. The van der Waals surface area contributed by atoms with Gasteiger partial charge in [-0.2, -0.15) is 0 Å². The van der Waals surface area contributed by atoms with Gasteiger partial charge in [0.15, 0.2) is 0 Å². The largest absolute Gasteiger partial charge is 0.475 e. The lowest BCUT2D eigenvalue weighted by molar-refractivity contribution is 0.0230. The van der Waals surface area contributed by atoms with Gasteiger partial charge in [-0.3, -0.25) is 4.90 Å². The zero-order valence-corrected chi connectivity index (χ0v) is 24.5. The van der Waals surface area contributed by atoms with Crippen LogP contribution in [0.2, 0.25) is 0 Å². The Kier molecular flexibility index (Phi) is 8.01. The number of amides is 2. The van der Waals surface area contributed by atoms with Gasteiger partial charge in [-0.05, 0) is 56.0 Å². The molecular formula is C32H36N2O8. The number of benzene rings is 2. The first-order valence-electron chi connectivity index (χ1n) is 13.9. The van der Waals surface area contributed by atoms with Crippen molar-refractivity contribution in [2.75, 3.05) is 26.8 Å². The number of carbonyl (C=O) groups excluding carboxylic acids is 2. The molecule has 10 heteroatoms. The molecule has 222 valence electrons. The number of furan rings is 1. The van der Waals surface area contributed by atoms with Crippen molar-refractivity contribution < 1.29 is 38.1 Å². The molecule has 0 radical (unpaired) electrons. The number of hydrogen-bond donors (Lipinski definition) is 1. The third-order valence-electron chi connectivity index (χ3n) is 7.65. The minimum absolute atomic E-state index is 0.0719. The summed E-state index contributed by atoms with van der Waals surface area (Å²) in [5, 5.41) is 9.49. The van der Waals surface area contributed by atoms with Gasteiger partial charge in [-0.15, -0.1) is 0 Å². The number of methoxy groups -OCH3 is 1. The number of likely N-dealkylation sites (tertiary alicyclic amines) is 1. The summed E-state index contributed by atoms with van der Waals surface area (Å²) in [4.78, 5) is 41.3. The summed E-state index contributed by atoms with van der Waals surface area (Å²) in [5.74, 6) is -1.25. The highest BCUT2D eigenvalue weighted by Crippen LogP contribution is 2.44. The lowest BCUT2D eigenvalue weighted by atomic mass is 9.98. The van der Waals surface area contributed by atoms with Crippen LogP contribution in [0.5, 0.6) is 0 Å². The standard InChI is InChI=1S/C32H36N2O8/c1-19-14-20(41-28(19)29(35)36)15-34(26-16-33(17-27(26)39-5)30(37)42-32(2,3)4)31(38)40-18-25-23-12-8-6-10-21(23)22-11-7-9-13-24(22)25/h6-14,25-27H,15-18H2,1-5H3,(H,35,36)/t26-,27-/m1/s1. The number of ether oxygens (including phenoxy) is 3. The van der Waals surface area contributed by atoms with Gasteiger partial charge in [0, 0.05) is 25.1 Å². The van der Waals surface area contributed by atoms with E-state index in [0.717, 1.165) is 22.3 Å². The first-order chi connectivity index (χ1) is 20.0. The van der Waals surface area contributed by atoms with Crippen molar-refractivity contribution in [1.29, 1.82) is 0 Å². The van der Waals surface area contributed by atoms with Gasteiger partial charge in [0.25, 0.3) is 0 Å². The Bertz CT molecular complexity index is 1440. The number of rotatable bonds is 7. The molecule has 2 amide bonds. The number of carbonyl (C=O) groups is 3. The predicted molar refractivity (Wildman–Crippen MR) is 153 cm³/mol. The quantitative estimate of drug-likeness (QED) is 0.382. The van der Waals surface area contributed by atoms with Gasteiger partial charge in [0.2, 0.25) is 5.76 Å². The molecule has 42 heavy (non-hydrogen) atoms. The van der Waals surface area contributed by atoms with Crippen LogP contribution in [0.3, 0.4) is 0 Å². The molecule has 2 aromatic carbocycles. The summed E-state index contributed by atoms with van der Waals surface area (Å²) in [6.07, 6.45) is -1.67. The van der Waals surface area contributed by atoms with Crippen LogP contribution in [-0.4, -0.2) is 77.6 Å². The van der Waals surface area contributed by atoms with E-state index >= 15 is 0 Å². The molecule has 1 aromatic heterocycles. The van der Waals surface area contributed by atoms with Gasteiger partial charge < -0.3 is 28.6 Å². The van der Waals surface area contributed by atoms with Crippen molar-refractivity contribution in [1.82, 2.24) is 9.80 Å². The highest BCUT2D eigenvalue weighted by Gasteiger charge is 2.43. The molecule has 2 aliphatic rings. The van der Waals surface area contributed by atoms with E-state index in [9.17, 15) is 19.5 Å². The smallest absolute Gasteiger partial charge is 0.410 e. The zero-order valence-electron chi connectivity index (χ0n) is 24.5. The van der Waals surface area contributed by atoms with Crippen LogP contribution in [0.25, 0.3) is 11.1 Å². The Balaban J connectivity index is 1.41. The average Bonchev–Trinajstić information content (AvgIpc) is 3.63. The topological polar surface area (TPSA) is 119 Å². The molecule has 2 heterocycles. The molecule has 10 nitrogen and oxygen atoms in total. The van der Waals surface area contributed by atoms with Crippen molar-refractivity contribution in [3.8, 4) is 11.1 Å². The highest BCUT2D eigenvalue weighted by atomic mass is 16.6. The van der Waals surface area contributed by atoms with E-state index in [1.807, 2.05) is 36.4 Å². The second-order valence-corrected chi connectivity index (χ2v) is 11.7. The number of aromatic carboxylic acids is 1. The molecule has 2 atom stereocenters. The Labute approximate surface area is 244 Å². The lowest BCUT2D eigenvalue weighted by Crippen LogP contribution is -2.47. The summed E-state index contributed by atoms with van der Waals surface area (Å²) in [5.41, 5.74) is 4.14. The van der Waals surface area contributed by atoms with Gasteiger partial charge in [-0.1, -0.05) is 48.5 Å². The Hall–Kier alpha value is -4.31. The number of carboxylic acid groups (broad SMARTS) is 1. The number of fused-ring (bicyclic) bond motifs is 3. The molecular weight excluding hydrogens is 540 g/mol. The third-order valence-corrected chi connectivity index (χ3v) is 7.65. The molecule has 1 saturated heterocycles. The van der Waals surface area contributed by atoms with Crippen LogP contribution in [-0.2, 0) is 20.8 Å². The summed E-state index contributed by atoms with van der Waals surface area (Å²) in [7, 11) is 1.52. The monoisotopic (exact) mass is 576 g/mol. The molecule has 0 saturated carbocycles. The first kappa shape index (κ1) is 29.2. The Morgan fingerprint density at radius 3 is 2.19 bits per heavy atom. The first-order valence-corrected chi connectivity index (χ1v) is 13.9. The lowest BCUT2D eigenvalue weighted by Gasteiger charge is -2.31. The number of aryl methyl sites for hydroxylation is 1. The highest BCUT2D eigenvalue weighted by molar-refractivity contribution is 5.86. The molecule has 0 bridgehead atoms. The maximum absolute atomic E-state index is 13.9. The van der Waals surface area contributed by atoms with Crippen LogP contribution in [0.4, 0.5) is 9.59 Å². The van der Waals surface area contributed by atoms with E-state index in [-0.39, 0.29) is 43.7 Å². The zero-order chi connectivity index (χ0) is 30.2. The molecule has 3 aromatic rings. The van der Waals surface area contributed by atoms with Crippen molar-refractivity contribution >= 4 is 18.2 Å². The molecule has 1 N–H and O–H groups in total. The molecule has 1 aliphatic heterocycles. The summed E-state index contributed by atoms with van der Waals surface area (Å²) in [6.45, 7) is 7.37. The van der Waals surface area contributed by atoms with Gasteiger partial charge in [-0.25, -0.2) is 14.4 Å². The second kappa shape index (κ2) is 11.5. The van der Waals surface area contributed by atoms with Crippen LogP contribution in [0, 0.1) is 6.92 Å². The number of nitrogens with zero attached hydrogens (tertiary/aromatic N) is 2. The normalized spacial score (nSPS) is 18.0. The van der Waals surface area contributed by atoms with E-state index in [4.69, 9.17) is 18.6 Å². The second-order valence-electron chi connectivity index (χ2n) is 11.7. The van der Waals surface area contributed by atoms with Crippen LogP contribution in [0.15, 0.2) is 59.0 Å². The van der Waals surface area contributed by atoms with Gasteiger partial charge >= 0.3 is 18.2 Å². The predicted octanol–water partition coefficient (Wildman–Crippen LogP) is 5.67. The van der Waals surface area contributed by atoms with Gasteiger partial charge in [0.1, 0.15) is 18.0 Å². The van der Waals surface area contributed by atoms with Crippen molar-refractivity contribution in [2.45, 2.75) is 57.9 Å². The fourth-order valence-corrected chi connectivity index (χ4v) is 5.76. The fraction of sp³-hybridized carbons (Fsp3) is 0.406. The fourth-order valence-electron chi connectivity index (χ4n) is 5.76. The van der Waals surface area contributed by atoms with E-state index < -0.39 is 35.9 Å². The van der Waals surface area contributed by atoms with Crippen LogP contribution < -0.4 is 0 Å².